The second-order valence-electron chi connectivity index (χ2n) is 3.80. The fourth-order valence-electron chi connectivity index (χ4n) is 1.46. The quantitative estimate of drug-likeness (QED) is 0.802. The number of nitrogens with two attached hydrogens (primary N) is 1. The Morgan fingerprint density at radius 2 is 2.16 bits per heavy atom. The molecule has 0 aliphatic heterocycles. The van der Waals surface area contributed by atoms with Crippen molar-refractivity contribution in [3.8, 4) is 0 Å². The van der Waals surface area contributed by atoms with Gasteiger partial charge < -0.3 is 15.8 Å². The molecule has 1 amide bonds. The van der Waals surface area contributed by atoms with Crippen molar-refractivity contribution in [2.24, 2.45) is 5.73 Å². The van der Waals surface area contributed by atoms with E-state index in [1.54, 1.807) is 13.0 Å². The Labute approximate surface area is 120 Å². The molecule has 3 N–H and O–H groups in total. The van der Waals surface area contributed by atoms with Crippen LogP contribution in [0.15, 0.2) is 27.6 Å². The topological polar surface area (TPSA) is 98.5 Å². The predicted molar refractivity (Wildman–Crippen MR) is 74.3 cm³/mol. The lowest BCUT2D eigenvalue weighted by molar-refractivity contribution is 0.148. The Bertz CT molecular complexity index is 574. The molecule has 6 nitrogen and oxygen atoms in total. The van der Waals surface area contributed by atoms with Gasteiger partial charge in [-0.25, -0.2) is 13.2 Å². The molecule has 1 rings (SSSR count). The van der Waals surface area contributed by atoms with E-state index in [4.69, 9.17) is 10.5 Å². The lowest BCUT2D eigenvalue weighted by Gasteiger charge is -2.17. The van der Waals surface area contributed by atoms with Gasteiger partial charge in [0.1, 0.15) is 6.17 Å². The third kappa shape index (κ3) is 4.48. The minimum atomic E-state index is -3.45. The molecular formula is C11H15BrN2O4S. The number of hydrogen-bond donors (Lipinski definition) is 2. The predicted octanol–water partition coefficient (Wildman–Crippen LogP) is 1.56. The lowest BCUT2D eigenvalue weighted by Crippen LogP contribution is -2.35. The minimum Gasteiger partial charge on any atom is -0.450 e. The van der Waals surface area contributed by atoms with E-state index in [1.165, 1.54) is 12.1 Å². The molecule has 0 bridgehead atoms. The number of halogens is 1. The summed E-state index contributed by atoms with van der Waals surface area (Å²) in [5.41, 5.74) is 6.09. The molecule has 0 saturated carbocycles. The minimum absolute atomic E-state index is 0.0613. The molecule has 0 heterocycles. The molecular weight excluding hydrogens is 336 g/mol. The summed E-state index contributed by atoms with van der Waals surface area (Å²) in [6, 6.07) is 4.63. The highest BCUT2D eigenvalue weighted by Crippen LogP contribution is 2.24. The number of amides is 1. The van der Waals surface area contributed by atoms with Crippen molar-refractivity contribution in [2.75, 3.05) is 12.9 Å². The van der Waals surface area contributed by atoms with E-state index >= 15 is 0 Å². The number of benzene rings is 1. The summed E-state index contributed by atoms with van der Waals surface area (Å²) >= 11 is 3.20. The van der Waals surface area contributed by atoms with E-state index in [2.05, 4.69) is 21.2 Å². The maximum atomic E-state index is 11.7. The van der Waals surface area contributed by atoms with Crippen LogP contribution in [0, 0.1) is 0 Å². The van der Waals surface area contributed by atoms with Gasteiger partial charge in [-0.15, -0.1) is 0 Å². The third-order valence-corrected chi connectivity index (χ3v) is 3.90. The first-order chi connectivity index (χ1) is 8.75. The molecule has 1 aromatic rings. The Morgan fingerprint density at radius 3 is 2.68 bits per heavy atom. The number of nitrogens with one attached hydrogen (secondary N) is 1. The van der Waals surface area contributed by atoms with Crippen LogP contribution in [0.2, 0.25) is 0 Å². The van der Waals surface area contributed by atoms with E-state index in [-0.39, 0.29) is 11.5 Å². The summed E-state index contributed by atoms with van der Waals surface area (Å²) in [5.74, 6) is 0. The van der Waals surface area contributed by atoms with Crippen molar-refractivity contribution in [1.82, 2.24) is 5.32 Å². The van der Waals surface area contributed by atoms with Gasteiger partial charge in [-0.1, -0.05) is 22.0 Å². The van der Waals surface area contributed by atoms with Crippen LogP contribution in [0.4, 0.5) is 4.79 Å². The molecule has 1 atom stereocenters. The molecule has 0 spiro atoms. The van der Waals surface area contributed by atoms with Crippen LogP contribution in [0.3, 0.4) is 0 Å². The van der Waals surface area contributed by atoms with E-state index in [0.717, 1.165) is 6.26 Å². The maximum absolute atomic E-state index is 11.7. The fourth-order valence-corrected chi connectivity index (χ4v) is 2.94. The van der Waals surface area contributed by atoms with Gasteiger partial charge in [0.15, 0.2) is 9.84 Å². The Morgan fingerprint density at radius 1 is 1.53 bits per heavy atom. The van der Waals surface area contributed by atoms with Gasteiger partial charge in [0.2, 0.25) is 0 Å². The normalized spacial score (nSPS) is 12.8. The van der Waals surface area contributed by atoms with Gasteiger partial charge in [-0.05, 0) is 19.1 Å². The number of sulfone groups is 1. The first-order valence-corrected chi connectivity index (χ1v) is 8.12. The first kappa shape index (κ1) is 15.9. The van der Waals surface area contributed by atoms with E-state index < -0.39 is 22.1 Å². The first-order valence-electron chi connectivity index (χ1n) is 5.44. The van der Waals surface area contributed by atoms with Crippen molar-refractivity contribution in [3.05, 3.63) is 28.2 Å². The molecule has 1 unspecified atom stereocenters. The molecule has 0 saturated heterocycles. The monoisotopic (exact) mass is 350 g/mol. The van der Waals surface area contributed by atoms with Gasteiger partial charge in [0.25, 0.3) is 0 Å². The van der Waals surface area contributed by atoms with Crippen molar-refractivity contribution in [1.29, 1.82) is 0 Å². The molecule has 0 fully saturated rings. The number of alkyl carbamates (subject to hydrolysis) is 1. The van der Waals surface area contributed by atoms with Gasteiger partial charge in [-0.2, -0.15) is 0 Å². The molecule has 0 aromatic heterocycles. The number of carbonyl (C=O) groups excluding carboxylic acids is 1. The van der Waals surface area contributed by atoms with Crippen LogP contribution >= 0.6 is 15.9 Å². The van der Waals surface area contributed by atoms with E-state index in [9.17, 15) is 13.2 Å². The van der Waals surface area contributed by atoms with Crippen LogP contribution in [0.1, 0.15) is 18.7 Å². The number of hydrogen-bond acceptors (Lipinski definition) is 5. The fraction of sp³-hybridized carbons (Fsp3) is 0.364. The zero-order valence-corrected chi connectivity index (χ0v) is 12.9. The molecule has 19 heavy (non-hydrogen) atoms. The van der Waals surface area contributed by atoms with Crippen LogP contribution in [0.25, 0.3) is 0 Å². The third-order valence-electron chi connectivity index (χ3n) is 2.26. The largest absolute Gasteiger partial charge is 0.450 e. The summed E-state index contributed by atoms with van der Waals surface area (Å²) in [5, 5.41) is 2.37. The second-order valence-corrected chi connectivity index (χ2v) is 6.70. The average molecular weight is 351 g/mol. The number of carbonyl (C=O) groups is 1. The van der Waals surface area contributed by atoms with Gasteiger partial charge in [0, 0.05) is 16.3 Å². The van der Waals surface area contributed by atoms with Crippen LogP contribution in [-0.2, 0) is 14.6 Å². The summed E-state index contributed by atoms with van der Waals surface area (Å²) in [6.07, 6.45) is -0.579. The molecule has 0 aliphatic rings. The zero-order valence-electron chi connectivity index (χ0n) is 10.5. The van der Waals surface area contributed by atoms with E-state index in [0.29, 0.717) is 10.0 Å². The van der Waals surface area contributed by atoms with Crippen molar-refractivity contribution in [2.45, 2.75) is 18.0 Å². The summed E-state index contributed by atoms with van der Waals surface area (Å²) in [7, 11) is -3.45. The molecule has 1 aromatic carbocycles. The SMILES string of the molecule is CCOC(=O)NC(N)c1ccc(Br)cc1S(C)(=O)=O. The average Bonchev–Trinajstić information content (AvgIpc) is 2.27. The summed E-state index contributed by atoms with van der Waals surface area (Å²) in [6.45, 7) is 1.87. The highest BCUT2D eigenvalue weighted by Gasteiger charge is 2.20. The number of rotatable bonds is 4. The standard InChI is InChI=1S/C11H15BrN2O4S/c1-3-18-11(15)14-10(13)8-5-4-7(12)6-9(8)19(2,16)17/h4-6,10H,3,13H2,1-2H3,(H,14,15). The number of ether oxygens (including phenoxy) is 1. The Kier molecular flexibility index (Phi) is 5.33. The van der Waals surface area contributed by atoms with Crippen molar-refractivity contribution < 1.29 is 17.9 Å². The highest BCUT2D eigenvalue weighted by molar-refractivity contribution is 9.10. The molecule has 8 heteroatoms. The summed E-state index contributed by atoms with van der Waals surface area (Å²) < 4.78 is 28.7. The van der Waals surface area contributed by atoms with Crippen LogP contribution < -0.4 is 11.1 Å². The Balaban J connectivity index is 3.10. The van der Waals surface area contributed by atoms with Gasteiger partial charge >= 0.3 is 6.09 Å². The smallest absolute Gasteiger partial charge is 0.408 e. The van der Waals surface area contributed by atoms with Crippen LogP contribution in [-0.4, -0.2) is 27.4 Å². The molecule has 106 valence electrons. The second kappa shape index (κ2) is 6.36. The Hall–Kier alpha value is -1.12. The zero-order chi connectivity index (χ0) is 14.6. The van der Waals surface area contributed by atoms with Gasteiger partial charge in [0.05, 0.1) is 11.5 Å². The summed E-state index contributed by atoms with van der Waals surface area (Å²) in [4.78, 5) is 11.3. The van der Waals surface area contributed by atoms with Crippen LogP contribution in [0.5, 0.6) is 0 Å². The lowest BCUT2D eigenvalue weighted by atomic mass is 10.2. The maximum Gasteiger partial charge on any atom is 0.408 e. The van der Waals surface area contributed by atoms with E-state index in [1.807, 2.05) is 0 Å². The molecule has 0 radical (unpaired) electrons. The van der Waals surface area contributed by atoms with Gasteiger partial charge in [-0.3, -0.25) is 0 Å². The van der Waals surface area contributed by atoms with Crippen molar-refractivity contribution >= 4 is 31.9 Å². The molecule has 0 aliphatic carbocycles. The highest BCUT2D eigenvalue weighted by atomic mass is 79.9. The van der Waals surface area contributed by atoms with Crippen molar-refractivity contribution in [3.63, 3.8) is 0 Å².